The molecule has 0 aromatic heterocycles. The van der Waals surface area contributed by atoms with Crippen molar-refractivity contribution in [2.45, 2.75) is 6.42 Å². The Kier molecular flexibility index (Phi) is 3.92. The van der Waals surface area contributed by atoms with E-state index in [2.05, 4.69) is 46.9 Å². The number of carbonyl (C=O) groups excluding carboxylic acids is 1. The fourth-order valence-corrected chi connectivity index (χ4v) is 3.25. The van der Waals surface area contributed by atoms with Crippen LogP contribution >= 0.6 is 22.6 Å². The third-order valence-corrected chi connectivity index (χ3v) is 4.38. The number of aldehydes is 1. The highest BCUT2D eigenvalue weighted by Crippen LogP contribution is 2.27. The first-order valence-electron chi connectivity index (χ1n) is 6.62. The van der Waals surface area contributed by atoms with Gasteiger partial charge in [-0.25, -0.2) is 0 Å². The van der Waals surface area contributed by atoms with Crippen LogP contribution in [-0.4, -0.2) is 11.4 Å². The molecule has 0 atom stereocenters. The lowest BCUT2D eigenvalue weighted by Gasteiger charge is -2.09. The zero-order chi connectivity index (χ0) is 14.8. The Balaban J connectivity index is 2.07. The Morgan fingerprint density at radius 2 is 1.81 bits per heavy atom. The standard InChI is InChI=1S/C18H13IO2/c19-17-10-12(9-15(11-20)18(17)21)8-14-6-3-5-13-4-1-2-7-16(13)14/h1-7,9-11,21H,8H2. The molecule has 1 N–H and O–H groups in total. The number of carbonyl (C=O) groups is 1. The molecule has 3 heteroatoms. The molecule has 21 heavy (non-hydrogen) atoms. The summed E-state index contributed by atoms with van der Waals surface area (Å²) < 4.78 is 0.701. The molecule has 104 valence electrons. The topological polar surface area (TPSA) is 37.3 Å². The minimum Gasteiger partial charge on any atom is -0.506 e. The number of phenols is 1. The summed E-state index contributed by atoms with van der Waals surface area (Å²) in [5.41, 5.74) is 2.58. The second-order valence-corrected chi connectivity index (χ2v) is 6.11. The minimum atomic E-state index is 0.0623. The SMILES string of the molecule is O=Cc1cc(Cc2cccc3ccccc23)cc(I)c1O. The Bertz CT molecular complexity index is 819. The lowest BCUT2D eigenvalue weighted by Crippen LogP contribution is -1.94. The van der Waals surface area contributed by atoms with Crippen LogP contribution in [-0.2, 0) is 6.42 Å². The number of rotatable bonds is 3. The largest absolute Gasteiger partial charge is 0.506 e. The molecule has 0 aliphatic rings. The molecule has 0 spiro atoms. The molecule has 0 aliphatic carbocycles. The summed E-state index contributed by atoms with van der Waals surface area (Å²) >= 11 is 2.05. The van der Waals surface area contributed by atoms with Crippen molar-refractivity contribution < 1.29 is 9.90 Å². The molecule has 0 saturated heterocycles. The average molecular weight is 388 g/mol. The maximum Gasteiger partial charge on any atom is 0.153 e. The second-order valence-electron chi connectivity index (χ2n) is 4.95. The zero-order valence-electron chi connectivity index (χ0n) is 11.2. The second kappa shape index (κ2) is 5.85. The molecule has 3 rings (SSSR count). The van der Waals surface area contributed by atoms with Gasteiger partial charge < -0.3 is 5.11 Å². The van der Waals surface area contributed by atoms with E-state index in [0.29, 0.717) is 15.4 Å². The number of hydrogen-bond acceptors (Lipinski definition) is 2. The van der Waals surface area contributed by atoms with Crippen LogP contribution in [0.25, 0.3) is 10.8 Å². The van der Waals surface area contributed by atoms with Crippen molar-refractivity contribution in [3.63, 3.8) is 0 Å². The van der Waals surface area contributed by atoms with Gasteiger partial charge in [0.15, 0.2) is 6.29 Å². The van der Waals surface area contributed by atoms with E-state index in [1.807, 2.05) is 24.3 Å². The maximum absolute atomic E-state index is 11.0. The zero-order valence-corrected chi connectivity index (χ0v) is 13.4. The first-order valence-corrected chi connectivity index (χ1v) is 7.70. The van der Waals surface area contributed by atoms with Crippen molar-refractivity contribution in [1.29, 1.82) is 0 Å². The van der Waals surface area contributed by atoms with E-state index in [1.54, 1.807) is 6.07 Å². The Labute approximate surface area is 136 Å². The van der Waals surface area contributed by atoms with Crippen molar-refractivity contribution in [3.05, 3.63) is 74.9 Å². The quantitative estimate of drug-likeness (QED) is 0.528. The highest BCUT2D eigenvalue weighted by molar-refractivity contribution is 14.1. The lowest BCUT2D eigenvalue weighted by atomic mass is 9.97. The molecule has 0 radical (unpaired) electrons. The normalized spacial score (nSPS) is 10.7. The van der Waals surface area contributed by atoms with Crippen molar-refractivity contribution >= 4 is 39.6 Å². The molecule has 2 nitrogen and oxygen atoms in total. The van der Waals surface area contributed by atoms with Crippen molar-refractivity contribution in [3.8, 4) is 5.75 Å². The molecule has 0 heterocycles. The Morgan fingerprint density at radius 1 is 1.05 bits per heavy atom. The van der Waals surface area contributed by atoms with Gasteiger partial charge in [0.05, 0.1) is 9.13 Å². The first-order chi connectivity index (χ1) is 10.2. The summed E-state index contributed by atoms with van der Waals surface area (Å²) in [4.78, 5) is 11.0. The summed E-state index contributed by atoms with van der Waals surface area (Å²) in [5, 5.41) is 12.2. The van der Waals surface area contributed by atoms with Crippen LogP contribution in [0.1, 0.15) is 21.5 Å². The smallest absolute Gasteiger partial charge is 0.153 e. The molecular weight excluding hydrogens is 375 g/mol. The van der Waals surface area contributed by atoms with Gasteiger partial charge in [0.1, 0.15) is 5.75 Å². The molecule has 0 unspecified atom stereocenters. The molecular formula is C18H13IO2. The van der Waals surface area contributed by atoms with Crippen LogP contribution < -0.4 is 0 Å². The van der Waals surface area contributed by atoms with Gasteiger partial charge >= 0.3 is 0 Å². The van der Waals surface area contributed by atoms with Crippen molar-refractivity contribution in [2.24, 2.45) is 0 Å². The fraction of sp³-hybridized carbons (Fsp3) is 0.0556. The predicted molar refractivity (Wildman–Crippen MR) is 93.0 cm³/mol. The van der Waals surface area contributed by atoms with Gasteiger partial charge in [-0.15, -0.1) is 0 Å². The van der Waals surface area contributed by atoms with Gasteiger partial charge in [-0.3, -0.25) is 4.79 Å². The minimum absolute atomic E-state index is 0.0623. The van der Waals surface area contributed by atoms with Gasteiger partial charge in [-0.1, -0.05) is 42.5 Å². The van der Waals surface area contributed by atoms with E-state index < -0.39 is 0 Å². The van der Waals surface area contributed by atoms with Crippen LogP contribution in [0, 0.1) is 3.57 Å². The molecule has 0 aliphatic heterocycles. The van der Waals surface area contributed by atoms with E-state index in [4.69, 9.17) is 0 Å². The van der Waals surface area contributed by atoms with Gasteiger partial charge in [-0.2, -0.15) is 0 Å². The van der Waals surface area contributed by atoms with Crippen LogP contribution in [0.15, 0.2) is 54.6 Å². The molecule has 0 amide bonds. The number of hydrogen-bond donors (Lipinski definition) is 1. The van der Waals surface area contributed by atoms with Crippen molar-refractivity contribution in [2.75, 3.05) is 0 Å². The molecule has 0 saturated carbocycles. The monoisotopic (exact) mass is 388 g/mol. The van der Waals surface area contributed by atoms with E-state index in [9.17, 15) is 9.90 Å². The van der Waals surface area contributed by atoms with E-state index in [-0.39, 0.29) is 5.75 Å². The number of halogens is 1. The molecule has 0 bridgehead atoms. The highest BCUT2D eigenvalue weighted by Gasteiger charge is 2.09. The van der Waals surface area contributed by atoms with Gasteiger partial charge in [0, 0.05) is 0 Å². The molecule has 3 aromatic carbocycles. The lowest BCUT2D eigenvalue weighted by molar-refractivity contribution is 0.112. The summed E-state index contributed by atoms with van der Waals surface area (Å²) in [6, 6.07) is 18.2. The van der Waals surface area contributed by atoms with Gasteiger partial charge in [-0.05, 0) is 63.0 Å². The van der Waals surface area contributed by atoms with E-state index in [0.717, 1.165) is 12.0 Å². The molecule has 3 aromatic rings. The summed E-state index contributed by atoms with van der Waals surface area (Å²) in [6.45, 7) is 0. The first kappa shape index (κ1) is 14.1. The third-order valence-electron chi connectivity index (χ3n) is 3.55. The number of benzene rings is 3. The van der Waals surface area contributed by atoms with Gasteiger partial charge in [0.2, 0.25) is 0 Å². The Hall–Kier alpha value is -1.88. The number of aromatic hydroxyl groups is 1. The summed E-state index contributed by atoms with van der Waals surface area (Å²) in [6.07, 6.45) is 1.43. The number of fused-ring (bicyclic) bond motifs is 1. The number of phenolic OH excluding ortho intramolecular Hbond substituents is 1. The van der Waals surface area contributed by atoms with Gasteiger partial charge in [0.25, 0.3) is 0 Å². The average Bonchev–Trinajstić information content (AvgIpc) is 2.51. The van der Waals surface area contributed by atoms with Crippen LogP contribution in [0.5, 0.6) is 5.75 Å². The fourth-order valence-electron chi connectivity index (χ4n) is 2.54. The van der Waals surface area contributed by atoms with Crippen LogP contribution in [0.2, 0.25) is 0 Å². The highest BCUT2D eigenvalue weighted by atomic mass is 127. The maximum atomic E-state index is 11.0. The van der Waals surface area contributed by atoms with E-state index in [1.165, 1.54) is 16.3 Å². The summed E-state index contributed by atoms with van der Waals surface area (Å²) in [5.74, 6) is 0.0623. The summed E-state index contributed by atoms with van der Waals surface area (Å²) in [7, 11) is 0. The van der Waals surface area contributed by atoms with Crippen LogP contribution in [0.3, 0.4) is 0 Å². The molecule has 0 fully saturated rings. The Morgan fingerprint density at radius 3 is 2.62 bits per heavy atom. The predicted octanol–water partition coefficient (Wildman–Crippen LogP) is 4.55. The van der Waals surface area contributed by atoms with E-state index >= 15 is 0 Å². The van der Waals surface area contributed by atoms with Crippen molar-refractivity contribution in [1.82, 2.24) is 0 Å². The van der Waals surface area contributed by atoms with Crippen LogP contribution in [0.4, 0.5) is 0 Å². The third kappa shape index (κ3) is 2.78.